The van der Waals surface area contributed by atoms with Gasteiger partial charge in [-0.05, 0) is 31.5 Å². The van der Waals surface area contributed by atoms with Crippen molar-refractivity contribution in [3.8, 4) is 0 Å². The monoisotopic (exact) mass is 317 g/mol. The van der Waals surface area contributed by atoms with Crippen molar-refractivity contribution in [2.45, 2.75) is 25.3 Å². The minimum absolute atomic E-state index is 0.186. The summed E-state index contributed by atoms with van der Waals surface area (Å²) >= 11 is 0. The normalized spacial score (nSPS) is 22.8. The summed E-state index contributed by atoms with van der Waals surface area (Å²) in [5.74, 6) is 1.24. The Labute approximate surface area is 138 Å². The minimum Gasteiger partial charge on any atom is -0.354 e. The van der Waals surface area contributed by atoms with Gasteiger partial charge in [0.1, 0.15) is 5.82 Å². The number of aromatic nitrogens is 1. The van der Waals surface area contributed by atoms with Crippen LogP contribution in [0.2, 0.25) is 0 Å². The first-order valence-corrected chi connectivity index (χ1v) is 8.70. The van der Waals surface area contributed by atoms with Gasteiger partial charge in [-0.2, -0.15) is 0 Å². The molecule has 2 N–H and O–H groups in total. The molecule has 0 radical (unpaired) electrons. The number of amides is 1. The maximum atomic E-state index is 12.1. The Kier molecular flexibility index (Phi) is 5.82. The van der Waals surface area contributed by atoms with Crippen LogP contribution >= 0.6 is 0 Å². The van der Waals surface area contributed by atoms with Crippen LogP contribution in [0.4, 0.5) is 5.82 Å². The molecule has 0 aromatic carbocycles. The van der Waals surface area contributed by atoms with E-state index >= 15 is 0 Å². The number of nitrogens with one attached hydrogen (secondary N) is 2. The number of piperazine rings is 1. The molecule has 1 aromatic rings. The zero-order chi connectivity index (χ0) is 15.9. The maximum absolute atomic E-state index is 12.1. The van der Waals surface area contributed by atoms with Crippen molar-refractivity contribution in [3.63, 3.8) is 0 Å². The summed E-state index contributed by atoms with van der Waals surface area (Å²) in [6.07, 6.45) is 4.69. The molecule has 2 aliphatic heterocycles. The highest BCUT2D eigenvalue weighted by Gasteiger charge is 2.19. The Morgan fingerprint density at radius 2 is 2.17 bits per heavy atom. The quantitative estimate of drug-likeness (QED) is 0.826. The topological polar surface area (TPSA) is 60.5 Å². The van der Waals surface area contributed by atoms with Crippen LogP contribution < -0.4 is 15.5 Å². The second kappa shape index (κ2) is 8.26. The van der Waals surface area contributed by atoms with Gasteiger partial charge in [-0.25, -0.2) is 4.98 Å². The smallest absolute Gasteiger partial charge is 0.221 e. The predicted molar refractivity (Wildman–Crippen MR) is 91.5 cm³/mol. The highest BCUT2D eigenvalue weighted by atomic mass is 16.1. The van der Waals surface area contributed by atoms with Crippen molar-refractivity contribution in [2.24, 2.45) is 0 Å². The van der Waals surface area contributed by atoms with Crippen LogP contribution in [-0.2, 0) is 4.79 Å². The molecule has 1 unspecified atom stereocenters. The van der Waals surface area contributed by atoms with E-state index in [-0.39, 0.29) is 5.91 Å². The second-order valence-electron chi connectivity index (χ2n) is 6.38. The fraction of sp³-hybridized carbons (Fsp3) is 0.647. The standard InChI is InChI=1S/C17H27N5O/c23-17(20-15-4-3-7-18-14-15)6-9-21-10-12-22(13-11-21)16-5-1-2-8-19-16/h1-2,5,8,15,18H,3-4,6-7,9-14H2,(H,20,23). The number of piperidine rings is 1. The summed E-state index contributed by atoms with van der Waals surface area (Å²) in [5, 5.41) is 6.47. The van der Waals surface area contributed by atoms with E-state index in [4.69, 9.17) is 0 Å². The van der Waals surface area contributed by atoms with E-state index in [1.165, 1.54) is 0 Å². The van der Waals surface area contributed by atoms with Crippen LogP contribution in [0.1, 0.15) is 19.3 Å². The van der Waals surface area contributed by atoms with E-state index in [1.807, 2.05) is 18.3 Å². The number of carbonyl (C=O) groups is 1. The fourth-order valence-corrected chi connectivity index (χ4v) is 3.28. The van der Waals surface area contributed by atoms with Gasteiger partial charge in [-0.1, -0.05) is 6.07 Å². The van der Waals surface area contributed by atoms with Gasteiger partial charge in [0, 0.05) is 57.9 Å². The third kappa shape index (κ3) is 4.91. The average molecular weight is 317 g/mol. The Hall–Kier alpha value is -1.66. The van der Waals surface area contributed by atoms with E-state index < -0.39 is 0 Å². The van der Waals surface area contributed by atoms with Gasteiger partial charge < -0.3 is 15.5 Å². The fourth-order valence-electron chi connectivity index (χ4n) is 3.28. The molecule has 3 rings (SSSR count). The molecule has 126 valence electrons. The van der Waals surface area contributed by atoms with Crippen LogP contribution in [0.5, 0.6) is 0 Å². The molecule has 23 heavy (non-hydrogen) atoms. The summed E-state index contributed by atoms with van der Waals surface area (Å²) in [6, 6.07) is 6.35. The third-order valence-corrected chi connectivity index (χ3v) is 4.66. The lowest BCUT2D eigenvalue weighted by atomic mass is 10.1. The van der Waals surface area contributed by atoms with Gasteiger partial charge in [0.15, 0.2) is 0 Å². The van der Waals surface area contributed by atoms with Crippen LogP contribution in [0.25, 0.3) is 0 Å². The first-order chi connectivity index (χ1) is 11.3. The first kappa shape index (κ1) is 16.2. The highest BCUT2D eigenvalue weighted by molar-refractivity contribution is 5.76. The Bertz CT molecular complexity index is 481. The number of hydrogen-bond donors (Lipinski definition) is 2. The lowest BCUT2D eigenvalue weighted by Gasteiger charge is -2.35. The van der Waals surface area contributed by atoms with E-state index in [0.717, 1.165) is 64.5 Å². The zero-order valence-electron chi connectivity index (χ0n) is 13.7. The Balaban J connectivity index is 1.35. The van der Waals surface area contributed by atoms with Gasteiger partial charge in [0.05, 0.1) is 0 Å². The Morgan fingerprint density at radius 1 is 1.30 bits per heavy atom. The lowest BCUT2D eigenvalue weighted by Crippen LogP contribution is -2.49. The van der Waals surface area contributed by atoms with E-state index in [1.54, 1.807) is 0 Å². The first-order valence-electron chi connectivity index (χ1n) is 8.70. The molecule has 6 nitrogen and oxygen atoms in total. The maximum Gasteiger partial charge on any atom is 0.221 e. The molecule has 1 atom stereocenters. The van der Waals surface area contributed by atoms with E-state index in [0.29, 0.717) is 12.5 Å². The van der Waals surface area contributed by atoms with Gasteiger partial charge in [-0.15, -0.1) is 0 Å². The van der Waals surface area contributed by atoms with Gasteiger partial charge in [0.25, 0.3) is 0 Å². The molecule has 0 saturated carbocycles. The van der Waals surface area contributed by atoms with Crippen molar-refractivity contribution in [1.82, 2.24) is 20.5 Å². The number of hydrogen-bond acceptors (Lipinski definition) is 5. The molecule has 6 heteroatoms. The van der Waals surface area contributed by atoms with Crippen LogP contribution in [0.3, 0.4) is 0 Å². The number of rotatable bonds is 5. The highest BCUT2D eigenvalue weighted by Crippen LogP contribution is 2.12. The van der Waals surface area contributed by atoms with Crippen LogP contribution in [0.15, 0.2) is 24.4 Å². The van der Waals surface area contributed by atoms with Crippen molar-refractivity contribution < 1.29 is 4.79 Å². The van der Waals surface area contributed by atoms with Crippen molar-refractivity contribution >= 4 is 11.7 Å². The molecule has 3 heterocycles. The summed E-state index contributed by atoms with van der Waals surface area (Å²) in [7, 11) is 0. The molecule has 2 fully saturated rings. The van der Waals surface area contributed by atoms with Gasteiger partial charge >= 0.3 is 0 Å². The van der Waals surface area contributed by atoms with Gasteiger partial charge in [0.2, 0.25) is 5.91 Å². The van der Waals surface area contributed by atoms with E-state index in [9.17, 15) is 4.79 Å². The largest absolute Gasteiger partial charge is 0.354 e. The zero-order valence-corrected chi connectivity index (χ0v) is 13.7. The number of carbonyl (C=O) groups excluding carboxylic acids is 1. The molecule has 1 amide bonds. The predicted octanol–water partition coefficient (Wildman–Crippen LogP) is 0.462. The summed E-state index contributed by atoms with van der Waals surface area (Å²) in [5.41, 5.74) is 0. The molecular formula is C17H27N5O. The molecular weight excluding hydrogens is 290 g/mol. The van der Waals surface area contributed by atoms with Crippen molar-refractivity contribution in [1.29, 1.82) is 0 Å². The van der Waals surface area contributed by atoms with Crippen LogP contribution in [0, 0.1) is 0 Å². The third-order valence-electron chi connectivity index (χ3n) is 4.66. The Morgan fingerprint density at radius 3 is 2.87 bits per heavy atom. The molecule has 0 aliphatic carbocycles. The second-order valence-corrected chi connectivity index (χ2v) is 6.38. The minimum atomic E-state index is 0.186. The summed E-state index contributed by atoms with van der Waals surface area (Å²) < 4.78 is 0. The van der Waals surface area contributed by atoms with Crippen molar-refractivity contribution in [3.05, 3.63) is 24.4 Å². The number of anilines is 1. The number of nitrogens with zero attached hydrogens (tertiary/aromatic N) is 3. The summed E-state index contributed by atoms with van der Waals surface area (Å²) in [4.78, 5) is 21.1. The SMILES string of the molecule is O=C(CCN1CCN(c2ccccn2)CC1)NC1CCCNC1. The average Bonchev–Trinajstić information content (AvgIpc) is 2.62. The van der Waals surface area contributed by atoms with Crippen LogP contribution in [-0.4, -0.2) is 67.6 Å². The van der Waals surface area contributed by atoms with Crippen molar-refractivity contribution in [2.75, 3.05) is 50.7 Å². The van der Waals surface area contributed by atoms with E-state index in [2.05, 4.69) is 31.5 Å². The summed E-state index contributed by atoms with van der Waals surface area (Å²) in [6.45, 7) is 6.78. The molecule has 0 bridgehead atoms. The molecule has 1 aromatic heterocycles. The molecule has 0 spiro atoms. The molecule has 2 aliphatic rings. The number of pyridine rings is 1. The molecule has 2 saturated heterocycles. The lowest BCUT2D eigenvalue weighted by molar-refractivity contribution is -0.122. The van der Waals surface area contributed by atoms with Gasteiger partial charge in [-0.3, -0.25) is 9.69 Å².